The molecule has 1 atom stereocenters. The summed E-state index contributed by atoms with van der Waals surface area (Å²) in [5.41, 5.74) is 4.80. The molecule has 90 valence electrons. The summed E-state index contributed by atoms with van der Waals surface area (Å²) in [5.74, 6) is 0.168. The molecule has 0 aromatic carbocycles. The Morgan fingerprint density at radius 1 is 1.47 bits per heavy atom. The van der Waals surface area contributed by atoms with Crippen LogP contribution in [0.4, 0.5) is 4.79 Å². The average Bonchev–Trinajstić information content (AvgIpc) is 2.11. The van der Waals surface area contributed by atoms with Crippen LogP contribution in [0.1, 0.15) is 6.92 Å². The molecule has 0 saturated carbocycles. The van der Waals surface area contributed by atoms with E-state index in [9.17, 15) is 13.2 Å². The van der Waals surface area contributed by atoms with E-state index in [1.807, 2.05) is 0 Å². The number of hydrogen-bond donors (Lipinski definition) is 3. The molecule has 0 radical (unpaired) electrons. The topological polar surface area (TPSA) is 101 Å². The SMILES string of the molecule is CC(CCl)CS(=O)(=O)NCCNC(N)=O. The van der Waals surface area contributed by atoms with Gasteiger partial charge in [-0.2, -0.15) is 0 Å². The Morgan fingerprint density at radius 2 is 2.07 bits per heavy atom. The number of rotatable bonds is 7. The first-order chi connectivity index (χ1) is 6.87. The number of amides is 2. The smallest absolute Gasteiger partial charge is 0.312 e. The summed E-state index contributed by atoms with van der Waals surface area (Å²) in [7, 11) is -3.32. The molecule has 0 bridgehead atoms. The number of hydrogen-bond acceptors (Lipinski definition) is 3. The van der Waals surface area contributed by atoms with Crippen LogP contribution in [0, 0.1) is 5.92 Å². The highest BCUT2D eigenvalue weighted by atomic mass is 35.5. The number of alkyl halides is 1. The van der Waals surface area contributed by atoms with Crippen LogP contribution in [0.3, 0.4) is 0 Å². The van der Waals surface area contributed by atoms with Gasteiger partial charge in [-0.3, -0.25) is 0 Å². The Bertz CT molecular complexity index is 294. The zero-order valence-electron chi connectivity index (χ0n) is 8.49. The molecule has 0 aromatic heterocycles. The lowest BCUT2D eigenvalue weighted by atomic mass is 10.3. The number of primary amides is 1. The van der Waals surface area contributed by atoms with E-state index >= 15 is 0 Å². The van der Waals surface area contributed by atoms with Crippen LogP contribution in [-0.4, -0.2) is 39.2 Å². The monoisotopic (exact) mass is 257 g/mol. The third-order valence-electron chi connectivity index (χ3n) is 1.51. The highest BCUT2D eigenvalue weighted by molar-refractivity contribution is 7.89. The van der Waals surface area contributed by atoms with Gasteiger partial charge >= 0.3 is 6.03 Å². The van der Waals surface area contributed by atoms with Crippen molar-refractivity contribution in [3.8, 4) is 0 Å². The van der Waals surface area contributed by atoms with Gasteiger partial charge in [-0.05, 0) is 5.92 Å². The lowest BCUT2D eigenvalue weighted by Gasteiger charge is -2.09. The van der Waals surface area contributed by atoms with Crippen LogP contribution in [0.2, 0.25) is 0 Å². The molecule has 4 N–H and O–H groups in total. The minimum absolute atomic E-state index is 0.0208. The second-order valence-electron chi connectivity index (χ2n) is 3.23. The normalized spacial score (nSPS) is 13.5. The Labute approximate surface area is 94.6 Å². The van der Waals surface area contributed by atoms with Crippen LogP contribution in [0.25, 0.3) is 0 Å². The molecule has 0 rings (SSSR count). The van der Waals surface area contributed by atoms with E-state index in [0.29, 0.717) is 5.88 Å². The van der Waals surface area contributed by atoms with Crippen molar-refractivity contribution in [3.63, 3.8) is 0 Å². The van der Waals surface area contributed by atoms with Gasteiger partial charge in [0.2, 0.25) is 10.0 Å². The molecule has 0 heterocycles. The average molecular weight is 258 g/mol. The third-order valence-corrected chi connectivity index (χ3v) is 3.69. The molecular formula is C7H16ClN3O3S. The van der Waals surface area contributed by atoms with Gasteiger partial charge in [0.05, 0.1) is 5.75 Å². The standard InChI is InChI=1S/C7H16ClN3O3S/c1-6(4-8)5-15(13,14)11-3-2-10-7(9)12/h6,11H,2-5H2,1H3,(H3,9,10,12). The van der Waals surface area contributed by atoms with Crippen molar-refractivity contribution in [1.82, 2.24) is 10.0 Å². The number of sulfonamides is 1. The molecule has 0 aliphatic carbocycles. The Balaban J connectivity index is 3.80. The summed E-state index contributed by atoms with van der Waals surface area (Å²) in [6.45, 7) is 2.04. The molecule has 0 aliphatic heterocycles. The van der Waals surface area contributed by atoms with E-state index in [2.05, 4.69) is 10.0 Å². The first-order valence-electron chi connectivity index (χ1n) is 4.44. The molecule has 15 heavy (non-hydrogen) atoms. The lowest BCUT2D eigenvalue weighted by molar-refractivity contribution is 0.249. The van der Waals surface area contributed by atoms with Crippen molar-refractivity contribution >= 4 is 27.7 Å². The first-order valence-corrected chi connectivity index (χ1v) is 6.62. The van der Waals surface area contributed by atoms with Gasteiger partial charge in [0.15, 0.2) is 0 Å². The Kier molecular flexibility index (Phi) is 6.62. The third kappa shape index (κ3) is 8.46. The molecule has 2 amide bonds. The minimum atomic E-state index is -3.32. The maximum atomic E-state index is 11.3. The van der Waals surface area contributed by atoms with Crippen LogP contribution in [0.5, 0.6) is 0 Å². The van der Waals surface area contributed by atoms with E-state index in [1.165, 1.54) is 0 Å². The molecule has 0 spiro atoms. The van der Waals surface area contributed by atoms with Crippen molar-refractivity contribution < 1.29 is 13.2 Å². The fourth-order valence-corrected chi connectivity index (χ4v) is 2.51. The zero-order chi connectivity index (χ0) is 11.9. The summed E-state index contributed by atoms with van der Waals surface area (Å²) < 4.78 is 25.0. The molecule has 0 aromatic rings. The predicted molar refractivity (Wildman–Crippen MR) is 59.3 cm³/mol. The van der Waals surface area contributed by atoms with Crippen molar-refractivity contribution in [2.75, 3.05) is 24.7 Å². The van der Waals surface area contributed by atoms with E-state index in [-0.39, 0.29) is 24.8 Å². The highest BCUT2D eigenvalue weighted by Gasteiger charge is 2.13. The maximum Gasteiger partial charge on any atom is 0.312 e. The molecular weight excluding hydrogens is 242 g/mol. The summed E-state index contributed by atoms with van der Waals surface area (Å²) >= 11 is 5.50. The predicted octanol–water partition coefficient (Wildman–Crippen LogP) is -0.551. The number of carbonyl (C=O) groups is 1. The molecule has 0 saturated heterocycles. The lowest BCUT2D eigenvalue weighted by Crippen LogP contribution is -2.38. The largest absolute Gasteiger partial charge is 0.352 e. The van der Waals surface area contributed by atoms with Crippen molar-refractivity contribution in [1.29, 1.82) is 0 Å². The Hall–Kier alpha value is -0.530. The minimum Gasteiger partial charge on any atom is -0.352 e. The fraction of sp³-hybridized carbons (Fsp3) is 0.857. The molecule has 1 unspecified atom stereocenters. The van der Waals surface area contributed by atoms with Gasteiger partial charge in [-0.25, -0.2) is 17.9 Å². The summed E-state index contributed by atoms with van der Waals surface area (Å²) in [6, 6.07) is -0.677. The van der Waals surface area contributed by atoms with Crippen LogP contribution >= 0.6 is 11.6 Å². The number of nitrogens with one attached hydrogen (secondary N) is 2. The number of carbonyl (C=O) groups excluding carboxylic acids is 1. The van der Waals surface area contributed by atoms with Crippen molar-refractivity contribution in [3.05, 3.63) is 0 Å². The van der Waals surface area contributed by atoms with Gasteiger partial charge in [0.25, 0.3) is 0 Å². The van der Waals surface area contributed by atoms with E-state index in [4.69, 9.17) is 17.3 Å². The Morgan fingerprint density at radius 3 is 2.53 bits per heavy atom. The molecule has 6 nitrogen and oxygen atoms in total. The van der Waals surface area contributed by atoms with E-state index in [0.717, 1.165) is 0 Å². The molecule has 0 aliphatic rings. The second-order valence-corrected chi connectivity index (χ2v) is 5.39. The quantitative estimate of drug-likeness (QED) is 0.421. The molecule has 0 fully saturated rings. The van der Waals surface area contributed by atoms with Crippen molar-refractivity contribution in [2.45, 2.75) is 6.92 Å². The van der Waals surface area contributed by atoms with Gasteiger partial charge in [0, 0.05) is 19.0 Å². The summed E-state index contributed by atoms with van der Waals surface area (Å²) in [6.07, 6.45) is 0. The van der Waals surface area contributed by atoms with Crippen LogP contribution < -0.4 is 15.8 Å². The van der Waals surface area contributed by atoms with Crippen molar-refractivity contribution in [2.24, 2.45) is 11.7 Å². The van der Waals surface area contributed by atoms with E-state index in [1.54, 1.807) is 6.92 Å². The van der Waals surface area contributed by atoms with Gasteiger partial charge < -0.3 is 11.1 Å². The number of urea groups is 1. The van der Waals surface area contributed by atoms with Gasteiger partial charge in [-0.15, -0.1) is 11.6 Å². The molecule has 8 heteroatoms. The fourth-order valence-electron chi connectivity index (χ4n) is 0.870. The van der Waals surface area contributed by atoms with Gasteiger partial charge in [0.1, 0.15) is 0 Å². The van der Waals surface area contributed by atoms with E-state index < -0.39 is 16.1 Å². The summed E-state index contributed by atoms with van der Waals surface area (Å²) in [5, 5.41) is 2.27. The zero-order valence-corrected chi connectivity index (χ0v) is 10.1. The summed E-state index contributed by atoms with van der Waals surface area (Å²) in [4.78, 5) is 10.3. The van der Waals surface area contributed by atoms with Crippen LogP contribution in [-0.2, 0) is 10.0 Å². The van der Waals surface area contributed by atoms with Gasteiger partial charge in [-0.1, -0.05) is 6.92 Å². The van der Waals surface area contributed by atoms with Crippen LogP contribution in [0.15, 0.2) is 0 Å². The highest BCUT2D eigenvalue weighted by Crippen LogP contribution is 2.01. The first kappa shape index (κ1) is 14.5. The maximum absolute atomic E-state index is 11.3. The second kappa shape index (κ2) is 6.86. The number of nitrogens with two attached hydrogens (primary N) is 1. The number of halogens is 1.